The third-order valence-electron chi connectivity index (χ3n) is 5.33. The predicted octanol–water partition coefficient (Wildman–Crippen LogP) is 2.05. The van der Waals surface area contributed by atoms with E-state index in [0.29, 0.717) is 22.7 Å². The molecule has 3 amide bonds. The summed E-state index contributed by atoms with van der Waals surface area (Å²) in [6.45, 7) is 4.19. The molecule has 0 saturated heterocycles. The van der Waals surface area contributed by atoms with Gasteiger partial charge in [0.15, 0.2) is 0 Å². The van der Waals surface area contributed by atoms with Crippen molar-refractivity contribution < 1.29 is 9.59 Å². The first kappa shape index (κ1) is 18.1. The smallest absolute Gasteiger partial charge is 0.321 e. The van der Waals surface area contributed by atoms with E-state index in [-0.39, 0.29) is 18.0 Å². The van der Waals surface area contributed by atoms with Crippen LogP contribution < -0.4 is 16.1 Å². The summed E-state index contributed by atoms with van der Waals surface area (Å²) >= 11 is 0. The molecule has 1 fully saturated rings. The van der Waals surface area contributed by atoms with Gasteiger partial charge in [-0.05, 0) is 30.4 Å². The van der Waals surface area contributed by atoms with Crippen LogP contribution in [0.25, 0.3) is 10.9 Å². The first-order valence-corrected chi connectivity index (χ1v) is 9.01. The lowest BCUT2D eigenvalue weighted by Gasteiger charge is -2.34. The molecule has 1 aromatic heterocycles. The quantitative estimate of drug-likeness (QED) is 0.880. The molecule has 1 saturated carbocycles. The number of carbonyl (C=O) groups is 2. The Bertz CT molecular complexity index is 876. The van der Waals surface area contributed by atoms with Crippen LogP contribution in [0.1, 0.15) is 33.1 Å². The highest BCUT2D eigenvalue weighted by atomic mass is 16.2. The largest absolute Gasteiger partial charge is 0.335 e. The van der Waals surface area contributed by atoms with Crippen LogP contribution in [0.5, 0.6) is 0 Å². The standard InChI is InChI=1S/C19H24N4O3/c1-12-6-5-8-15(13(12)2)21-19(26)22-18(25)11-23-16-9-4-3-7-14(16)17(24)10-20-23/h3-4,7,9-10,12-13,15H,5-6,8,11H2,1-2H3,(H2,21,22,25,26)/t12-,13-,15-/m1/s1. The van der Waals surface area contributed by atoms with Crippen molar-refractivity contribution in [2.45, 2.75) is 45.7 Å². The molecule has 138 valence electrons. The molecule has 0 aliphatic heterocycles. The predicted molar refractivity (Wildman–Crippen MR) is 98.6 cm³/mol. The first-order chi connectivity index (χ1) is 12.5. The monoisotopic (exact) mass is 356 g/mol. The van der Waals surface area contributed by atoms with Gasteiger partial charge in [0.25, 0.3) is 0 Å². The summed E-state index contributed by atoms with van der Waals surface area (Å²) < 4.78 is 1.42. The summed E-state index contributed by atoms with van der Waals surface area (Å²) in [5.41, 5.74) is 0.362. The number of carbonyl (C=O) groups excluding carboxylic acids is 2. The maximum atomic E-state index is 12.2. The highest BCUT2D eigenvalue weighted by Crippen LogP contribution is 2.29. The summed E-state index contributed by atoms with van der Waals surface area (Å²) in [6.07, 6.45) is 4.36. The fraction of sp³-hybridized carbons (Fsp3) is 0.474. The molecule has 0 radical (unpaired) electrons. The average Bonchev–Trinajstić information content (AvgIpc) is 2.61. The summed E-state index contributed by atoms with van der Waals surface area (Å²) in [4.78, 5) is 36.2. The van der Waals surface area contributed by atoms with Gasteiger partial charge in [0.1, 0.15) is 6.54 Å². The number of benzene rings is 1. The minimum absolute atomic E-state index is 0.0814. The topological polar surface area (TPSA) is 93.1 Å². The summed E-state index contributed by atoms with van der Waals surface area (Å²) in [5.74, 6) is 0.468. The second-order valence-electron chi connectivity index (χ2n) is 7.08. The van der Waals surface area contributed by atoms with Crippen LogP contribution >= 0.6 is 0 Å². The van der Waals surface area contributed by atoms with Gasteiger partial charge in [0, 0.05) is 11.4 Å². The summed E-state index contributed by atoms with van der Waals surface area (Å²) in [5, 5.41) is 9.77. The second kappa shape index (κ2) is 7.68. The zero-order valence-corrected chi connectivity index (χ0v) is 15.1. The van der Waals surface area contributed by atoms with Crippen molar-refractivity contribution in [2.75, 3.05) is 0 Å². The van der Waals surface area contributed by atoms with Crippen molar-refractivity contribution in [3.63, 3.8) is 0 Å². The minimum atomic E-state index is -0.480. The Kier molecular flexibility index (Phi) is 5.35. The molecule has 2 aromatic rings. The number of nitrogens with one attached hydrogen (secondary N) is 2. The van der Waals surface area contributed by atoms with Gasteiger partial charge in [-0.3, -0.25) is 19.6 Å². The van der Waals surface area contributed by atoms with Crippen molar-refractivity contribution in [1.82, 2.24) is 20.4 Å². The lowest BCUT2D eigenvalue weighted by molar-refractivity contribution is -0.120. The van der Waals surface area contributed by atoms with E-state index < -0.39 is 11.9 Å². The molecule has 0 bridgehead atoms. The molecule has 1 aliphatic rings. The number of rotatable bonds is 3. The lowest BCUT2D eigenvalue weighted by Crippen LogP contribution is -2.49. The molecule has 0 unspecified atom stereocenters. The highest BCUT2D eigenvalue weighted by Gasteiger charge is 2.28. The molecule has 3 rings (SSSR count). The molecule has 7 heteroatoms. The van der Waals surface area contributed by atoms with Gasteiger partial charge >= 0.3 is 6.03 Å². The molecular weight excluding hydrogens is 332 g/mol. The van der Waals surface area contributed by atoms with Gasteiger partial charge in [-0.25, -0.2) is 4.79 Å². The Morgan fingerprint density at radius 1 is 1.23 bits per heavy atom. The number of aromatic nitrogens is 2. The SMILES string of the molecule is C[C@@H]1[C@H](C)CCC[C@H]1NC(=O)NC(=O)Cn1ncc(=O)c2ccccc21. The minimum Gasteiger partial charge on any atom is -0.335 e. The summed E-state index contributed by atoms with van der Waals surface area (Å²) in [6, 6.07) is 6.54. The Morgan fingerprint density at radius 2 is 2.00 bits per heavy atom. The maximum absolute atomic E-state index is 12.2. The van der Waals surface area contributed by atoms with Gasteiger partial charge in [-0.1, -0.05) is 38.8 Å². The Balaban J connectivity index is 1.63. The fourth-order valence-corrected chi connectivity index (χ4v) is 3.58. The van der Waals surface area contributed by atoms with Crippen LogP contribution in [0.15, 0.2) is 35.3 Å². The molecule has 1 aliphatic carbocycles. The zero-order valence-electron chi connectivity index (χ0n) is 15.1. The molecular formula is C19H24N4O3. The third-order valence-corrected chi connectivity index (χ3v) is 5.33. The number of urea groups is 1. The van der Waals surface area contributed by atoms with Crippen LogP contribution in [0.3, 0.4) is 0 Å². The Labute approximate surface area is 151 Å². The van der Waals surface area contributed by atoms with Crippen molar-refractivity contribution in [3.8, 4) is 0 Å². The Hall–Kier alpha value is -2.70. The van der Waals surface area contributed by atoms with E-state index in [1.165, 1.54) is 17.3 Å². The van der Waals surface area contributed by atoms with Crippen LogP contribution in [0.2, 0.25) is 0 Å². The number of hydrogen-bond acceptors (Lipinski definition) is 4. The zero-order chi connectivity index (χ0) is 18.7. The van der Waals surface area contributed by atoms with E-state index in [2.05, 4.69) is 29.6 Å². The normalized spacial score (nSPS) is 22.8. The van der Waals surface area contributed by atoms with Crippen LogP contribution in [0, 0.1) is 11.8 Å². The number of amides is 3. The van der Waals surface area contributed by atoms with Gasteiger partial charge in [-0.2, -0.15) is 5.10 Å². The van der Waals surface area contributed by atoms with Crippen LogP contribution in [-0.2, 0) is 11.3 Å². The second-order valence-corrected chi connectivity index (χ2v) is 7.08. The van der Waals surface area contributed by atoms with Gasteiger partial charge in [0.05, 0.1) is 11.7 Å². The van der Waals surface area contributed by atoms with E-state index >= 15 is 0 Å². The number of imide groups is 1. The van der Waals surface area contributed by atoms with Crippen molar-refractivity contribution in [1.29, 1.82) is 0 Å². The lowest BCUT2D eigenvalue weighted by atomic mass is 9.78. The average molecular weight is 356 g/mol. The number of nitrogens with zero attached hydrogens (tertiary/aromatic N) is 2. The molecule has 0 spiro atoms. The molecule has 1 heterocycles. The molecule has 7 nitrogen and oxygen atoms in total. The molecule has 26 heavy (non-hydrogen) atoms. The number of fused-ring (bicyclic) bond motifs is 1. The highest BCUT2D eigenvalue weighted by molar-refractivity contribution is 5.94. The van der Waals surface area contributed by atoms with Crippen molar-refractivity contribution in [2.24, 2.45) is 11.8 Å². The van der Waals surface area contributed by atoms with E-state index in [1.54, 1.807) is 24.3 Å². The van der Waals surface area contributed by atoms with Gasteiger partial charge < -0.3 is 5.32 Å². The number of hydrogen-bond donors (Lipinski definition) is 2. The van der Waals surface area contributed by atoms with Crippen LogP contribution in [0.4, 0.5) is 4.79 Å². The Morgan fingerprint density at radius 3 is 2.81 bits per heavy atom. The van der Waals surface area contributed by atoms with E-state index in [0.717, 1.165) is 12.8 Å². The number of para-hydroxylation sites is 1. The van der Waals surface area contributed by atoms with Gasteiger partial charge in [0.2, 0.25) is 11.3 Å². The fourth-order valence-electron chi connectivity index (χ4n) is 3.58. The molecule has 3 atom stereocenters. The van der Waals surface area contributed by atoms with Crippen molar-refractivity contribution >= 4 is 22.8 Å². The summed E-state index contributed by atoms with van der Waals surface area (Å²) in [7, 11) is 0. The van der Waals surface area contributed by atoms with Gasteiger partial charge in [-0.15, -0.1) is 0 Å². The first-order valence-electron chi connectivity index (χ1n) is 9.01. The van der Waals surface area contributed by atoms with E-state index in [1.807, 2.05) is 0 Å². The molecule has 1 aromatic carbocycles. The third kappa shape index (κ3) is 3.92. The molecule has 2 N–H and O–H groups in total. The maximum Gasteiger partial charge on any atom is 0.321 e. The van der Waals surface area contributed by atoms with E-state index in [9.17, 15) is 14.4 Å². The van der Waals surface area contributed by atoms with Crippen LogP contribution in [-0.4, -0.2) is 27.8 Å². The van der Waals surface area contributed by atoms with E-state index in [4.69, 9.17) is 0 Å². The van der Waals surface area contributed by atoms with Crippen molar-refractivity contribution in [3.05, 3.63) is 40.7 Å².